The van der Waals surface area contributed by atoms with Gasteiger partial charge in [-0.1, -0.05) is 111 Å². The van der Waals surface area contributed by atoms with Gasteiger partial charge in [0, 0.05) is 18.0 Å². The highest BCUT2D eigenvalue weighted by molar-refractivity contribution is 5.85. The highest BCUT2D eigenvalue weighted by Crippen LogP contribution is 2.26. The summed E-state index contributed by atoms with van der Waals surface area (Å²) in [7, 11) is 0. The molecule has 0 aliphatic heterocycles. The van der Waals surface area contributed by atoms with Crippen LogP contribution in [-0.2, 0) is 4.79 Å². The van der Waals surface area contributed by atoms with E-state index in [0.717, 1.165) is 19.3 Å². The summed E-state index contributed by atoms with van der Waals surface area (Å²) in [6.07, 6.45) is 23.5. The van der Waals surface area contributed by atoms with Crippen LogP contribution < -0.4 is 11.1 Å². The van der Waals surface area contributed by atoms with Crippen LogP contribution in [0.15, 0.2) is 0 Å². The number of rotatable bonds is 22. The minimum Gasteiger partial charge on any atom is -0.353 e. The molecule has 0 bridgehead atoms. The molecule has 0 aliphatic rings. The predicted molar refractivity (Wildman–Crippen MR) is 146 cm³/mol. The van der Waals surface area contributed by atoms with Gasteiger partial charge in [-0.25, -0.2) is 0 Å². The van der Waals surface area contributed by atoms with E-state index < -0.39 is 0 Å². The van der Waals surface area contributed by atoms with Crippen LogP contribution in [0, 0.1) is 5.92 Å². The molecule has 0 saturated carbocycles. The Morgan fingerprint density at radius 2 is 1.19 bits per heavy atom. The zero-order chi connectivity index (χ0) is 23.4. The van der Waals surface area contributed by atoms with E-state index in [0.29, 0.717) is 12.3 Å². The van der Waals surface area contributed by atoms with E-state index >= 15 is 0 Å². The van der Waals surface area contributed by atoms with E-state index in [2.05, 4.69) is 39.9 Å². The minimum absolute atomic E-state index is 0. The molecule has 0 fully saturated rings. The van der Waals surface area contributed by atoms with Crippen LogP contribution in [0.1, 0.15) is 157 Å². The SMILES string of the molecule is CCCCCCCCCCCC(CC(C)(C)N)C(CC)NC(=O)CCCCCCCC.Cl. The lowest BCUT2D eigenvalue weighted by molar-refractivity contribution is -0.122. The van der Waals surface area contributed by atoms with Crippen molar-refractivity contribution in [3.05, 3.63) is 0 Å². The van der Waals surface area contributed by atoms with Gasteiger partial charge in [-0.15, -0.1) is 12.4 Å². The third-order valence-corrected chi connectivity index (χ3v) is 6.58. The van der Waals surface area contributed by atoms with E-state index in [1.54, 1.807) is 0 Å². The fraction of sp³-hybridized carbons (Fsp3) is 0.964. The minimum atomic E-state index is -0.179. The summed E-state index contributed by atoms with van der Waals surface area (Å²) in [5, 5.41) is 3.38. The lowest BCUT2D eigenvalue weighted by atomic mass is 9.82. The first-order valence-corrected chi connectivity index (χ1v) is 13.9. The van der Waals surface area contributed by atoms with E-state index in [1.807, 2.05) is 0 Å². The highest BCUT2D eigenvalue weighted by Gasteiger charge is 2.26. The topological polar surface area (TPSA) is 55.1 Å². The molecule has 0 rings (SSSR count). The van der Waals surface area contributed by atoms with Crippen molar-refractivity contribution in [2.75, 3.05) is 0 Å². The number of nitrogens with two attached hydrogens (primary N) is 1. The number of hydrogen-bond acceptors (Lipinski definition) is 2. The molecule has 3 N–H and O–H groups in total. The molecule has 4 heteroatoms. The number of carbonyl (C=O) groups excluding carboxylic acids is 1. The van der Waals surface area contributed by atoms with E-state index in [9.17, 15) is 4.79 Å². The lowest BCUT2D eigenvalue weighted by Gasteiger charge is -2.32. The predicted octanol–water partition coefficient (Wildman–Crippen LogP) is 8.72. The maximum atomic E-state index is 12.6. The summed E-state index contributed by atoms with van der Waals surface area (Å²) in [6.45, 7) is 11.0. The maximum Gasteiger partial charge on any atom is 0.220 e. The molecule has 0 aliphatic carbocycles. The van der Waals surface area contributed by atoms with Gasteiger partial charge in [0.05, 0.1) is 0 Å². The van der Waals surface area contributed by atoms with Crippen LogP contribution in [0.4, 0.5) is 0 Å². The lowest BCUT2D eigenvalue weighted by Crippen LogP contribution is -2.44. The monoisotopic (exact) mass is 474 g/mol. The first-order chi connectivity index (χ1) is 14.8. The third kappa shape index (κ3) is 21.6. The van der Waals surface area contributed by atoms with E-state index in [1.165, 1.54) is 96.3 Å². The summed E-state index contributed by atoms with van der Waals surface area (Å²) in [4.78, 5) is 12.6. The Morgan fingerprint density at radius 1 is 0.750 bits per heavy atom. The maximum absolute atomic E-state index is 12.6. The number of amides is 1. The Morgan fingerprint density at radius 3 is 1.62 bits per heavy atom. The van der Waals surface area contributed by atoms with Gasteiger partial charge in [0.2, 0.25) is 5.91 Å². The fourth-order valence-corrected chi connectivity index (χ4v) is 4.74. The van der Waals surface area contributed by atoms with Crippen molar-refractivity contribution in [1.82, 2.24) is 5.32 Å². The van der Waals surface area contributed by atoms with Crippen LogP contribution >= 0.6 is 12.4 Å². The summed E-state index contributed by atoms with van der Waals surface area (Å²) in [5.41, 5.74) is 6.22. The van der Waals surface area contributed by atoms with Crippen molar-refractivity contribution in [3.8, 4) is 0 Å². The van der Waals surface area contributed by atoms with Crippen molar-refractivity contribution in [3.63, 3.8) is 0 Å². The average molecular weight is 475 g/mol. The Labute approximate surface area is 208 Å². The van der Waals surface area contributed by atoms with Crippen molar-refractivity contribution >= 4 is 18.3 Å². The summed E-state index contributed by atoms with van der Waals surface area (Å²) in [6, 6.07) is 0.268. The zero-order valence-electron chi connectivity index (χ0n) is 22.5. The van der Waals surface area contributed by atoms with Gasteiger partial charge in [0.15, 0.2) is 0 Å². The summed E-state index contributed by atoms with van der Waals surface area (Å²) < 4.78 is 0. The largest absolute Gasteiger partial charge is 0.353 e. The quantitative estimate of drug-likeness (QED) is 0.154. The number of unbranched alkanes of at least 4 members (excludes halogenated alkanes) is 13. The van der Waals surface area contributed by atoms with Gasteiger partial charge < -0.3 is 11.1 Å². The van der Waals surface area contributed by atoms with Crippen LogP contribution in [-0.4, -0.2) is 17.5 Å². The second-order valence-corrected chi connectivity index (χ2v) is 10.7. The Kier molecular flexibility index (Phi) is 23.8. The molecular formula is C28H59ClN2O. The summed E-state index contributed by atoms with van der Waals surface area (Å²) in [5.74, 6) is 0.734. The van der Waals surface area contributed by atoms with Gasteiger partial charge >= 0.3 is 0 Å². The number of hydrogen-bond donors (Lipinski definition) is 2. The Bertz CT molecular complexity index is 409. The van der Waals surface area contributed by atoms with E-state index in [-0.39, 0.29) is 29.9 Å². The van der Waals surface area contributed by atoms with Crippen LogP contribution in [0.5, 0.6) is 0 Å². The molecule has 0 heterocycles. The molecule has 0 aromatic carbocycles. The molecule has 0 aromatic heterocycles. The third-order valence-electron chi connectivity index (χ3n) is 6.58. The molecule has 3 nitrogen and oxygen atoms in total. The van der Waals surface area contributed by atoms with Crippen LogP contribution in [0.2, 0.25) is 0 Å². The van der Waals surface area contributed by atoms with Crippen LogP contribution in [0.3, 0.4) is 0 Å². The molecule has 0 spiro atoms. The second kappa shape index (κ2) is 22.5. The molecule has 0 aromatic rings. The molecule has 32 heavy (non-hydrogen) atoms. The molecular weight excluding hydrogens is 416 g/mol. The van der Waals surface area contributed by atoms with Gasteiger partial charge in [0.1, 0.15) is 0 Å². The highest BCUT2D eigenvalue weighted by atomic mass is 35.5. The number of nitrogens with one attached hydrogen (secondary N) is 1. The first kappa shape index (κ1) is 33.9. The van der Waals surface area contributed by atoms with Gasteiger partial charge in [-0.2, -0.15) is 0 Å². The fourth-order valence-electron chi connectivity index (χ4n) is 4.74. The smallest absolute Gasteiger partial charge is 0.220 e. The van der Waals surface area contributed by atoms with Crippen molar-refractivity contribution in [2.45, 2.75) is 168 Å². The van der Waals surface area contributed by atoms with Gasteiger partial charge in [0.25, 0.3) is 0 Å². The summed E-state index contributed by atoms with van der Waals surface area (Å²) >= 11 is 0. The molecule has 0 saturated heterocycles. The Hall–Kier alpha value is -0.280. The van der Waals surface area contributed by atoms with E-state index in [4.69, 9.17) is 5.73 Å². The molecule has 2 unspecified atom stereocenters. The first-order valence-electron chi connectivity index (χ1n) is 13.9. The van der Waals surface area contributed by atoms with Gasteiger partial charge in [-0.3, -0.25) is 4.79 Å². The number of carbonyl (C=O) groups is 1. The standard InChI is InChI=1S/C28H58N2O.ClH/c1-6-9-11-13-15-16-17-18-20-22-25(24-28(4,5)29)26(8-3)30-27(31)23-21-19-14-12-10-7-2;/h25-26H,6-24,29H2,1-5H3,(H,30,31);1H. The molecule has 194 valence electrons. The average Bonchev–Trinajstić information content (AvgIpc) is 2.71. The van der Waals surface area contributed by atoms with Crippen molar-refractivity contribution < 1.29 is 4.79 Å². The zero-order valence-corrected chi connectivity index (χ0v) is 23.3. The van der Waals surface area contributed by atoms with Crippen molar-refractivity contribution in [1.29, 1.82) is 0 Å². The van der Waals surface area contributed by atoms with Crippen LogP contribution in [0.25, 0.3) is 0 Å². The molecule has 0 radical (unpaired) electrons. The van der Waals surface area contributed by atoms with Crippen molar-refractivity contribution in [2.24, 2.45) is 11.7 Å². The number of halogens is 1. The second-order valence-electron chi connectivity index (χ2n) is 10.7. The van der Waals surface area contributed by atoms with Gasteiger partial charge in [-0.05, 0) is 45.4 Å². The normalized spacial score (nSPS) is 13.4. The molecule has 1 amide bonds. The Balaban J connectivity index is 0. The molecule has 2 atom stereocenters.